The SMILES string of the molecule is CCn1nc(C)c(CCN(C)C(=O)CC2COc3ccc(Cl)cc3NC2=O)c1C. The molecule has 1 aromatic heterocycles. The maximum absolute atomic E-state index is 12.7. The molecule has 8 heteroatoms. The Bertz CT molecular complexity index is 925. The molecule has 0 aliphatic carbocycles. The molecule has 2 aromatic rings. The number of nitrogens with zero attached hydrogens (tertiary/aromatic N) is 3. The lowest BCUT2D eigenvalue weighted by Crippen LogP contribution is -2.35. The molecular weight excluding hydrogens is 392 g/mol. The molecule has 0 spiro atoms. The summed E-state index contributed by atoms with van der Waals surface area (Å²) in [6.07, 6.45) is 0.827. The first-order chi connectivity index (χ1) is 13.8. The number of aryl methyl sites for hydroxylation is 2. The van der Waals surface area contributed by atoms with E-state index in [1.807, 2.05) is 11.6 Å². The highest BCUT2D eigenvalue weighted by molar-refractivity contribution is 6.31. The first-order valence-corrected chi connectivity index (χ1v) is 10.2. The predicted octanol–water partition coefficient (Wildman–Crippen LogP) is 3.21. The van der Waals surface area contributed by atoms with Gasteiger partial charge in [-0.3, -0.25) is 14.3 Å². The van der Waals surface area contributed by atoms with Crippen molar-refractivity contribution in [1.82, 2.24) is 14.7 Å². The minimum absolute atomic E-state index is 0.0871. The van der Waals surface area contributed by atoms with Crippen molar-refractivity contribution in [3.63, 3.8) is 0 Å². The van der Waals surface area contributed by atoms with Crippen LogP contribution in [0.15, 0.2) is 18.2 Å². The van der Waals surface area contributed by atoms with Crippen molar-refractivity contribution in [2.45, 2.75) is 40.2 Å². The maximum atomic E-state index is 12.7. The van der Waals surface area contributed by atoms with E-state index in [1.165, 1.54) is 5.56 Å². The minimum Gasteiger partial charge on any atom is -0.491 e. The normalized spacial score (nSPS) is 15.9. The van der Waals surface area contributed by atoms with Crippen molar-refractivity contribution < 1.29 is 14.3 Å². The van der Waals surface area contributed by atoms with E-state index in [9.17, 15) is 9.59 Å². The standard InChI is InChI=1S/C21H27ClN4O3/c1-5-26-14(3)17(13(2)24-26)8-9-25(4)20(27)10-15-12-29-19-7-6-16(22)11-18(19)23-21(15)28/h6-7,11,15H,5,8-10,12H2,1-4H3,(H,23,28). The van der Waals surface area contributed by atoms with E-state index in [0.717, 1.165) is 24.4 Å². The summed E-state index contributed by atoms with van der Waals surface area (Å²) >= 11 is 5.98. The summed E-state index contributed by atoms with van der Waals surface area (Å²) in [6, 6.07) is 5.07. The van der Waals surface area contributed by atoms with Crippen LogP contribution in [-0.2, 0) is 22.6 Å². The van der Waals surface area contributed by atoms with Crippen LogP contribution in [0.2, 0.25) is 5.02 Å². The lowest BCUT2D eigenvalue weighted by molar-refractivity contribution is -0.134. The number of aromatic nitrogens is 2. The molecule has 0 radical (unpaired) electrons. The molecule has 0 bridgehead atoms. The van der Waals surface area contributed by atoms with E-state index >= 15 is 0 Å². The number of benzene rings is 1. The molecule has 29 heavy (non-hydrogen) atoms. The van der Waals surface area contributed by atoms with Crippen molar-refractivity contribution in [2.75, 3.05) is 25.5 Å². The van der Waals surface area contributed by atoms with Crippen LogP contribution in [-0.4, -0.2) is 46.7 Å². The molecule has 1 unspecified atom stereocenters. The Morgan fingerprint density at radius 2 is 2.17 bits per heavy atom. The van der Waals surface area contributed by atoms with Crippen LogP contribution in [0, 0.1) is 19.8 Å². The van der Waals surface area contributed by atoms with E-state index < -0.39 is 5.92 Å². The number of ether oxygens (including phenoxy) is 1. The fraction of sp³-hybridized carbons (Fsp3) is 0.476. The first-order valence-electron chi connectivity index (χ1n) is 9.80. The molecule has 2 amide bonds. The topological polar surface area (TPSA) is 76.5 Å². The van der Waals surface area contributed by atoms with Gasteiger partial charge in [0, 0.05) is 37.3 Å². The van der Waals surface area contributed by atoms with E-state index in [1.54, 1.807) is 30.1 Å². The Balaban J connectivity index is 1.58. The Kier molecular flexibility index (Phi) is 6.47. The van der Waals surface area contributed by atoms with Gasteiger partial charge in [-0.25, -0.2) is 0 Å². The fourth-order valence-electron chi connectivity index (χ4n) is 3.55. The first kappa shape index (κ1) is 21.2. The summed E-state index contributed by atoms with van der Waals surface area (Å²) in [7, 11) is 1.77. The number of rotatable bonds is 6. The van der Waals surface area contributed by atoms with Gasteiger partial charge in [-0.05, 0) is 51.0 Å². The number of nitrogens with one attached hydrogen (secondary N) is 1. The molecule has 1 aliphatic rings. The summed E-state index contributed by atoms with van der Waals surface area (Å²) in [4.78, 5) is 26.9. The van der Waals surface area contributed by atoms with Crippen molar-refractivity contribution in [1.29, 1.82) is 0 Å². The summed E-state index contributed by atoms with van der Waals surface area (Å²) in [5.74, 6) is -0.313. The lowest BCUT2D eigenvalue weighted by Gasteiger charge is -2.20. The van der Waals surface area contributed by atoms with Gasteiger partial charge in [-0.2, -0.15) is 5.10 Å². The molecule has 3 rings (SSSR count). The smallest absolute Gasteiger partial charge is 0.231 e. The number of carbonyl (C=O) groups excluding carboxylic acids is 2. The molecule has 0 fully saturated rings. The van der Waals surface area contributed by atoms with Gasteiger partial charge in [0.15, 0.2) is 0 Å². The van der Waals surface area contributed by atoms with Crippen LogP contribution in [0.1, 0.15) is 30.3 Å². The third kappa shape index (κ3) is 4.72. The third-order valence-corrected chi connectivity index (χ3v) is 5.62. The Labute approximate surface area is 176 Å². The van der Waals surface area contributed by atoms with Crippen LogP contribution in [0.3, 0.4) is 0 Å². The van der Waals surface area contributed by atoms with Gasteiger partial charge in [0.2, 0.25) is 11.8 Å². The molecule has 156 valence electrons. The zero-order valence-corrected chi connectivity index (χ0v) is 18.0. The van der Waals surface area contributed by atoms with Crippen LogP contribution in [0.4, 0.5) is 5.69 Å². The van der Waals surface area contributed by atoms with Gasteiger partial charge in [0.25, 0.3) is 0 Å². The van der Waals surface area contributed by atoms with Gasteiger partial charge < -0.3 is 15.0 Å². The highest BCUT2D eigenvalue weighted by Crippen LogP contribution is 2.31. The van der Waals surface area contributed by atoms with Gasteiger partial charge >= 0.3 is 0 Å². The molecule has 0 saturated heterocycles. The van der Waals surface area contributed by atoms with Gasteiger partial charge in [0.1, 0.15) is 12.4 Å². The predicted molar refractivity (Wildman–Crippen MR) is 112 cm³/mol. The third-order valence-electron chi connectivity index (χ3n) is 5.39. The molecule has 1 aromatic carbocycles. The summed E-state index contributed by atoms with van der Waals surface area (Å²) in [6.45, 7) is 7.66. The Morgan fingerprint density at radius 1 is 1.41 bits per heavy atom. The summed E-state index contributed by atoms with van der Waals surface area (Å²) in [5.41, 5.74) is 3.84. The average molecular weight is 419 g/mol. The lowest BCUT2D eigenvalue weighted by atomic mass is 10.0. The second kappa shape index (κ2) is 8.86. The van der Waals surface area contributed by atoms with Crippen LogP contribution < -0.4 is 10.1 Å². The molecular formula is C21H27ClN4O3. The quantitative estimate of drug-likeness (QED) is 0.781. The number of hydrogen-bond acceptors (Lipinski definition) is 4. The molecule has 7 nitrogen and oxygen atoms in total. The van der Waals surface area contributed by atoms with E-state index in [4.69, 9.17) is 16.3 Å². The zero-order valence-electron chi connectivity index (χ0n) is 17.3. The highest BCUT2D eigenvalue weighted by atomic mass is 35.5. The molecule has 1 atom stereocenters. The van der Waals surface area contributed by atoms with Gasteiger partial charge in [-0.1, -0.05) is 11.6 Å². The number of carbonyl (C=O) groups is 2. The molecule has 1 N–H and O–H groups in total. The summed E-state index contributed by atoms with van der Waals surface area (Å²) < 4.78 is 7.70. The van der Waals surface area contributed by atoms with Crippen molar-refractivity contribution in [2.24, 2.45) is 5.92 Å². The van der Waals surface area contributed by atoms with Crippen molar-refractivity contribution in [3.8, 4) is 5.75 Å². The number of amides is 2. The van der Waals surface area contributed by atoms with Crippen molar-refractivity contribution >= 4 is 29.1 Å². The Morgan fingerprint density at radius 3 is 2.86 bits per heavy atom. The molecule has 2 heterocycles. The second-order valence-electron chi connectivity index (χ2n) is 7.37. The van der Waals surface area contributed by atoms with Crippen LogP contribution in [0.25, 0.3) is 0 Å². The van der Waals surface area contributed by atoms with E-state index in [2.05, 4.69) is 24.3 Å². The number of likely N-dealkylation sites (N-methyl/N-ethyl adjacent to an activating group) is 1. The highest BCUT2D eigenvalue weighted by Gasteiger charge is 2.28. The number of hydrogen-bond donors (Lipinski definition) is 1. The summed E-state index contributed by atoms with van der Waals surface area (Å²) in [5, 5.41) is 7.85. The number of anilines is 1. The van der Waals surface area contributed by atoms with Crippen LogP contribution in [0.5, 0.6) is 5.75 Å². The number of fused-ring (bicyclic) bond motifs is 1. The Hall–Kier alpha value is -2.54. The largest absolute Gasteiger partial charge is 0.491 e. The van der Waals surface area contributed by atoms with Crippen molar-refractivity contribution in [3.05, 3.63) is 40.2 Å². The molecule has 0 saturated carbocycles. The fourth-order valence-corrected chi connectivity index (χ4v) is 3.72. The monoisotopic (exact) mass is 418 g/mol. The van der Waals surface area contributed by atoms with Crippen LogP contribution >= 0.6 is 11.6 Å². The number of halogens is 1. The van der Waals surface area contributed by atoms with E-state index in [0.29, 0.717) is 23.0 Å². The molecule has 1 aliphatic heterocycles. The zero-order chi connectivity index (χ0) is 21.1. The second-order valence-corrected chi connectivity index (χ2v) is 7.81. The van der Waals surface area contributed by atoms with Gasteiger partial charge in [0.05, 0.1) is 17.3 Å². The minimum atomic E-state index is -0.553. The van der Waals surface area contributed by atoms with Gasteiger partial charge in [-0.15, -0.1) is 0 Å². The average Bonchev–Trinajstić information content (AvgIpc) is 2.86. The van der Waals surface area contributed by atoms with E-state index in [-0.39, 0.29) is 24.8 Å². The maximum Gasteiger partial charge on any atom is 0.231 e.